The first-order chi connectivity index (χ1) is 5.22. The third kappa shape index (κ3) is 11.1. The molecule has 8 heteroatoms. The summed E-state index contributed by atoms with van der Waals surface area (Å²) in [6.07, 6.45) is 2.77. The van der Waals surface area contributed by atoms with Gasteiger partial charge in [-0.05, 0) is 18.4 Å². The number of nitrogens with one attached hydrogen (secondary N) is 1. The van der Waals surface area contributed by atoms with Crippen LogP contribution in [0.4, 0.5) is 14.1 Å². The predicted molar refractivity (Wildman–Crippen MR) is 51.1 cm³/mol. The third-order valence-electron chi connectivity index (χ3n) is 1.18. The highest BCUT2D eigenvalue weighted by molar-refractivity contribution is 7.98. The number of hydrogen-bond acceptors (Lipinski definition) is 3. The van der Waals surface area contributed by atoms with E-state index in [1.165, 1.54) is 0 Å². The maximum atomic E-state index is 10.4. The molecule has 0 radical (unpaired) electrons. The molecule has 0 saturated heterocycles. The van der Waals surface area contributed by atoms with Crippen molar-refractivity contribution < 1.29 is 28.8 Å². The molecule has 0 spiro atoms. The number of hydrogen-bond donors (Lipinski definition) is 2. The van der Waals surface area contributed by atoms with Crippen molar-refractivity contribution in [3.63, 3.8) is 0 Å². The molecule has 0 aliphatic heterocycles. The molecule has 1 amide bonds. The molecule has 0 aromatic heterocycles. The first kappa shape index (κ1) is 23.2. The van der Waals surface area contributed by atoms with Gasteiger partial charge in [0.2, 0.25) is 6.41 Å². The highest BCUT2D eigenvalue weighted by atomic mass is 32.2. The van der Waals surface area contributed by atoms with Crippen LogP contribution in [0, 0.1) is 0 Å². The summed E-state index contributed by atoms with van der Waals surface area (Å²) in [7, 11) is 0. The molecule has 88 valence electrons. The fraction of sp³-hybridized carbons (Fsp3) is 0.667. The van der Waals surface area contributed by atoms with Crippen molar-refractivity contribution in [2.75, 3.05) is 12.0 Å². The summed E-state index contributed by atoms with van der Waals surface area (Å²) in [6.45, 7) is 0. The van der Waals surface area contributed by atoms with Crippen LogP contribution in [0.2, 0.25) is 0 Å². The van der Waals surface area contributed by atoms with Gasteiger partial charge in [0.05, 0.1) is 0 Å². The maximum Gasteiger partial charge on any atom is 0.326 e. The average Bonchev–Trinajstić information content (AvgIpc) is 1.97. The summed E-state index contributed by atoms with van der Waals surface area (Å²) < 4.78 is 0. The number of carbonyl (C=O) groups excluding carboxylic acids is 1. The Morgan fingerprint density at radius 2 is 2.00 bits per heavy atom. The average molecular weight is 237 g/mol. The largest absolute Gasteiger partial charge is 0.480 e. The van der Waals surface area contributed by atoms with Gasteiger partial charge in [0.25, 0.3) is 0 Å². The van der Waals surface area contributed by atoms with Gasteiger partial charge in [-0.3, -0.25) is 18.9 Å². The van der Waals surface area contributed by atoms with E-state index in [1.54, 1.807) is 11.8 Å². The Morgan fingerprint density at radius 1 is 1.50 bits per heavy atom. The molecular formula is C6H14F3NO3S. The third-order valence-corrected chi connectivity index (χ3v) is 1.82. The second kappa shape index (κ2) is 14.6. The van der Waals surface area contributed by atoms with Gasteiger partial charge in [-0.2, -0.15) is 11.8 Å². The van der Waals surface area contributed by atoms with Crippen LogP contribution < -0.4 is 5.32 Å². The van der Waals surface area contributed by atoms with Crippen LogP contribution in [0.15, 0.2) is 0 Å². The predicted octanol–water partition coefficient (Wildman–Crippen LogP) is 0.396. The fourth-order valence-electron chi connectivity index (χ4n) is 0.596. The van der Waals surface area contributed by atoms with E-state index in [2.05, 4.69) is 5.32 Å². The lowest BCUT2D eigenvalue weighted by molar-refractivity contribution is -0.140. The van der Waals surface area contributed by atoms with E-state index in [9.17, 15) is 9.59 Å². The minimum absolute atomic E-state index is 0. The van der Waals surface area contributed by atoms with Gasteiger partial charge in [-0.15, -0.1) is 0 Å². The Labute approximate surface area is 83.5 Å². The monoisotopic (exact) mass is 237 g/mol. The zero-order valence-electron chi connectivity index (χ0n) is 7.47. The van der Waals surface area contributed by atoms with Crippen LogP contribution in [-0.2, 0) is 9.59 Å². The molecule has 0 heterocycles. The summed E-state index contributed by atoms with van der Waals surface area (Å²) in [5.74, 6) is -0.246. The van der Waals surface area contributed by atoms with Crippen LogP contribution >= 0.6 is 11.8 Å². The number of carbonyl (C=O) groups is 2. The Morgan fingerprint density at radius 3 is 2.29 bits per heavy atom. The first-order valence-corrected chi connectivity index (χ1v) is 4.53. The standard InChI is InChI=1S/C6H11NO3S.3FH/c1-11-3-2-5(6(9)10)7-4-8;;;/h4-5H,2-3H2,1H3,(H,7,8)(H,9,10);3*1H. The summed E-state index contributed by atoms with van der Waals surface area (Å²) in [6, 6.07) is -0.736. The van der Waals surface area contributed by atoms with E-state index < -0.39 is 12.0 Å². The van der Waals surface area contributed by atoms with Gasteiger partial charge in [0, 0.05) is 0 Å². The number of aliphatic carboxylic acids is 1. The molecule has 1 unspecified atom stereocenters. The van der Waals surface area contributed by atoms with Crippen molar-refractivity contribution in [1.29, 1.82) is 0 Å². The van der Waals surface area contributed by atoms with Gasteiger partial charge < -0.3 is 10.4 Å². The lowest BCUT2D eigenvalue weighted by Gasteiger charge is -2.08. The first-order valence-electron chi connectivity index (χ1n) is 3.13. The van der Waals surface area contributed by atoms with Gasteiger partial charge in [-0.1, -0.05) is 0 Å². The number of carboxylic acids is 1. The topological polar surface area (TPSA) is 66.4 Å². The van der Waals surface area contributed by atoms with E-state index in [4.69, 9.17) is 5.11 Å². The van der Waals surface area contributed by atoms with Gasteiger partial charge >= 0.3 is 5.97 Å². The molecule has 0 fully saturated rings. The summed E-state index contributed by atoms with van der Waals surface area (Å²) in [5, 5.41) is 10.7. The molecule has 1 atom stereocenters. The zero-order chi connectivity index (χ0) is 8.69. The molecule has 0 saturated carbocycles. The van der Waals surface area contributed by atoms with Crippen molar-refractivity contribution in [1.82, 2.24) is 5.32 Å². The molecule has 0 rings (SSSR count). The van der Waals surface area contributed by atoms with Crippen molar-refractivity contribution in [3.8, 4) is 0 Å². The van der Waals surface area contributed by atoms with E-state index in [1.807, 2.05) is 6.26 Å². The van der Waals surface area contributed by atoms with Crippen LogP contribution in [0.3, 0.4) is 0 Å². The van der Waals surface area contributed by atoms with E-state index in [-0.39, 0.29) is 14.1 Å². The van der Waals surface area contributed by atoms with Gasteiger partial charge in [0.15, 0.2) is 0 Å². The minimum atomic E-state index is -0.980. The Balaban J connectivity index is -0.000000167. The summed E-state index contributed by atoms with van der Waals surface area (Å²) in [4.78, 5) is 20.3. The van der Waals surface area contributed by atoms with E-state index in [0.717, 1.165) is 5.75 Å². The highest BCUT2D eigenvalue weighted by Gasteiger charge is 2.14. The van der Waals surface area contributed by atoms with Crippen LogP contribution in [0.5, 0.6) is 0 Å². The fourth-order valence-corrected chi connectivity index (χ4v) is 1.07. The highest BCUT2D eigenvalue weighted by Crippen LogP contribution is 1.99. The normalized spacial score (nSPS) is 9.50. The lowest BCUT2D eigenvalue weighted by atomic mass is 10.2. The number of amides is 1. The SMILES string of the molecule is CSCCC(NC=O)C(=O)O.F.F.F. The zero-order valence-corrected chi connectivity index (χ0v) is 8.28. The molecule has 2 N–H and O–H groups in total. The molecule has 0 aromatic rings. The molecule has 0 bridgehead atoms. The molecule has 0 aliphatic carbocycles. The molecule has 0 aromatic carbocycles. The second-order valence-electron chi connectivity index (χ2n) is 1.96. The Bertz CT molecular complexity index is 150. The van der Waals surface area contributed by atoms with Gasteiger partial charge in [-0.25, -0.2) is 4.79 Å². The number of thioether (sulfide) groups is 1. The Hall–Kier alpha value is -0.920. The molecule has 0 aliphatic rings. The van der Waals surface area contributed by atoms with Crippen molar-refractivity contribution in [2.45, 2.75) is 12.5 Å². The number of carboxylic acid groups (broad SMARTS) is 1. The number of rotatable bonds is 6. The molecule has 4 nitrogen and oxygen atoms in total. The Kier molecular flexibility index (Phi) is 24.1. The lowest BCUT2D eigenvalue weighted by Crippen LogP contribution is -2.36. The van der Waals surface area contributed by atoms with Crippen LogP contribution in [0.1, 0.15) is 6.42 Å². The summed E-state index contributed by atoms with van der Waals surface area (Å²) in [5.41, 5.74) is 0. The van der Waals surface area contributed by atoms with E-state index >= 15 is 0 Å². The van der Waals surface area contributed by atoms with Crippen LogP contribution in [-0.4, -0.2) is 35.5 Å². The van der Waals surface area contributed by atoms with Crippen molar-refractivity contribution >= 4 is 24.1 Å². The second-order valence-corrected chi connectivity index (χ2v) is 2.94. The maximum absolute atomic E-state index is 10.4. The smallest absolute Gasteiger partial charge is 0.326 e. The van der Waals surface area contributed by atoms with Crippen molar-refractivity contribution in [3.05, 3.63) is 0 Å². The van der Waals surface area contributed by atoms with E-state index in [0.29, 0.717) is 12.8 Å². The molecule has 14 heavy (non-hydrogen) atoms. The van der Waals surface area contributed by atoms with Gasteiger partial charge in [0.1, 0.15) is 6.04 Å². The minimum Gasteiger partial charge on any atom is -0.480 e. The molecular weight excluding hydrogens is 223 g/mol. The van der Waals surface area contributed by atoms with Crippen molar-refractivity contribution in [2.24, 2.45) is 0 Å². The quantitative estimate of drug-likeness (QED) is 0.656. The number of halogens is 3. The summed E-state index contributed by atoms with van der Waals surface area (Å²) >= 11 is 1.55. The van der Waals surface area contributed by atoms with Crippen LogP contribution in [0.25, 0.3) is 0 Å².